The van der Waals surface area contributed by atoms with Crippen molar-refractivity contribution in [2.45, 2.75) is 18.7 Å². The Labute approximate surface area is 185 Å². The van der Waals surface area contributed by atoms with Crippen molar-refractivity contribution in [3.8, 4) is 27.9 Å². The van der Waals surface area contributed by atoms with Crippen LogP contribution in [0.5, 0.6) is 5.75 Å². The lowest BCUT2D eigenvalue weighted by molar-refractivity contribution is 0.340. The zero-order chi connectivity index (χ0) is 22.0. The van der Waals surface area contributed by atoms with Gasteiger partial charge in [-0.15, -0.1) is 11.3 Å². The van der Waals surface area contributed by atoms with E-state index < -0.39 is 10.0 Å². The molecular formula is C22H21N3O4S2. The van der Waals surface area contributed by atoms with Gasteiger partial charge >= 0.3 is 0 Å². The Balaban J connectivity index is 1.68. The SMILES string of the molecule is CCOc1cccc(-c2noc(-c3sccc3S(=O)(=O)N(C)c3cccc(C)c3)n2)c1. The van der Waals surface area contributed by atoms with Gasteiger partial charge in [-0.1, -0.05) is 29.4 Å². The molecule has 4 aromatic rings. The summed E-state index contributed by atoms with van der Waals surface area (Å²) >= 11 is 1.24. The van der Waals surface area contributed by atoms with Gasteiger partial charge in [0.2, 0.25) is 5.82 Å². The summed E-state index contributed by atoms with van der Waals surface area (Å²) in [6.45, 7) is 4.37. The van der Waals surface area contributed by atoms with Crippen molar-refractivity contribution >= 4 is 27.0 Å². The average Bonchev–Trinajstić information content (AvgIpc) is 3.43. The van der Waals surface area contributed by atoms with Crippen LogP contribution in [0.25, 0.3) is 22.2 Å². The van der Waals surface area contributed by atoms with Gasteiger partial charge in [0.1, 0.15) is 15.5 Å². The highest BCUT2D eigenvalue weighted by molar-refractivity contribution is 7.93. The lowest BCUT2D eigenvalue weighted by Gasteiger charge is -2.19. The first-order chi connectivity index (χ1) is 14.9. The summed E-state index contributed by atoms with van der Waals surface area (Å²) < 4.78 is 38.8. The molecule has 0 aliphatic rings. The Kier molecular flexibility index (Phi) is 5.79. The van der Waals surface area contributed by atoms with Gasteiger partial charge in [-0.2, -0.15) is 4.98 Å². The lowest BCUT2D eigenvalue weighted by Crippen LogP contribution is -2.26. The molecule has 7 nitrogen and oxygen atoms in total. The van der Waals surface area contributed by atoms with Gasteiger partial charge < -0.3 is 9.26 Å². The highest BCUT2D eigenvalue weighted by Crippen LogP contribution is 2.35. The molecule has 0 amide bonds. The fourth-order valence-corrected chi connectivity index (χ4v) is 5.59. The first-order valence-electron chi connectivity index (χ1n) is 9.60. The minimum Gasteiger partial charge on any atom is -0.494 e. The lowest BCUT2D eigenvalue weighted by atomic mass is 10.2. The van der Waals surface area contributed by atoms with E-state index in [0.29, 0.717) is 28.7 Å². The van der Waals surface area contributed by atoms with Crippen LogP contribution >= 0.6 is 11.3 Å². The molecule has 0 fully saturated rings. The van der Waals surface area contributed by atoms with Crippen LogP contribution in [-0.2, 0) is 10.0 Å². The Morgan fingerprint density at radius 2 is 1.94 bits per heavy atom. The van der Waals surface area contributed by atoms with E-state index in [9.17, 15) is 8.42 Å². The Hall–Kier alpha value is -3.17. The van der Waals surface area contributed by atoms with Crippen molar-refractivity contribution in [2.75, 3.05) is 18.0 Å². The molecule has 0 saturated heterocycles. The van der Waals surface area contributed by atoms with Crippen LogP contribution in [-0.4, -0.2) is 32.2 Å². The summed E-state index contributed by atoms with van der Waals surface area (Å²) in [4.78, 5) is 4.97. The number of benzene rings is 2. The number of nitrogens with zero attached hydrogens (tertiary/aromatic N) is 3. The Morgan fingerprint density at radius 3 is 2.71 bits per heavy atom. The molecule has 0 atom stereocenters. The van der Waals surface area contributed by atoms with E-state index in [1.54, 1.807) is 17.5 Å². The first kappa shape index (κ1) is 21.1. The number of ether oxygens (including phenoxy) is 1. The second-order valence-corrected chi connectivity index (χ2v) is 9.66. The molecule has 0 aliphatic heterocycles. The number of aromatic nitrogens is 2. The number of hydrogen-bond donors (Lipinski definition) is 0. The van der Waals surface area contributed by atoms with Crippen molar-refractivity contribution in [3.63, 3.8) is 0 Å². The van der Waals surface area contributed by atoms with Crippen LogP contribution in [0.4, 0.5) is 5.69 Å². The highest BCUT2D eigenvalue weighted by Gasteiger charge is 2.28. The maximum atomic E-state index is 13.3. The van der Waals surface area contributed by atoms with Crippen LogP contribution in [0.3, 0.4) is 0 Å². The van der Waals surface area contributed by atoms with Gasteiger partial charge in [-0.25, -0.2) is 8.42 Å². The third-order valence-corrected chi connectivity index (χ3v) is 7.52. The highest BCUT2D eigenvalue weighted by atomic mass is 32.2. The number of aryl methyl sites for hydroxylation is 1. The van der Waals surface area contributed by atoms with Crippen molar-refractivity contribution in [3.05, 3.63) is 65.5 Å². The molecule has 0 bridgehead atoms. The fourth-order valence-electron chi connectivity index (χ4n) is 3.09. The van der Waals surface area contributed by atoms with Crippen LogP contribution in [0.15, 0.2) is 69.4 Å². The second kappa shape index (κ2) is 8.52. The maximum Gasteiger partial charge on any atom is 0.269 e. The molecule has 0 unspecified atom stereocenters. The van der Waals surface area contributed by atoms with Crippen LogP contribution in [0, 0.1) is 6.92 Å². The molecule has 0 radical (unpaired) electrons. The molecule has 2 heterocycles. The molecule has 31 heavy (non-hydrogen) atoms. The van der Waals surface area contributed by atoms with Crippen molar-refractivity contribution in [1.82, 2.24) is 10.1 Å². The van der Waals surface area contributed by atoms with Gasteiger partial charge in [0.25, 0.3) is 15.9 Å². The van der Waals surface area contributed by atoms with Gasteiger partial charge in [-0.05, 0) is 55.1 Å². The normalized spacial score (nSPS) is 11.5. The largest absolute Gasteiger partial charge is 0.494 e. The molecule has 0 spiro atoms. The van der Waals surface area contributed by atoms with E-state index in [2.05, 4.69) is 10.1 Å². The standard InChI is InChI=1S/C22H21N3O4S2/c1-4-28-18-10-6-8-16(14-18)21-23-22(29-24-21)20-19(11-12-30-20)31(26,27)25(3)17-9-5-7-15(2)13-17/h5-14H,4H2,1-3H3. The third kappa shape index (κ3) is 4.19. The molecule has 0 N–H and O–H groups in total. The summed E-state index contributed by atoms with van der Waals surface area (Å²) in [6.07, 6.45) is 0. The molecule has 4 rings (SSSR count). The second-order valence-electron chi connectivity index (χ2n) is 6.81. The van der Waals surface area contributed by atoms with Gasteiger partial charge in [0.05, 0.1) is 12.3 Å². The van der Waals surface area contributed by atoms with E-state index in [0.717, 1.165) is 11.1 Å². The topological polar surface area (TPSA) is 85.5 Å². The average molecular weight is 456 g/mol. The molecule has 2 aromatic heterocycles. The minimum atomic E-state index is -3.82. The quantitative estimate of drug-likeness (QED) is 0.390. The van der Waals surface area contributed by atoms with Gasteiger partial charge in [0.15, 0.2) is 0 Å². The van der Waals surface area contributed by atoms with E-state index in [1.807, 2.05) is 56.3 Å². The summed E-state index contributed by atoms with van der Waals surface area (Å²) in [5.41, 5.74) is 2.27. The predicted molar refractivity (Wildman–Crippen MR) is 121 cm³/mol. The smallest absolute Gasteiger partial charge is 0.269 e. The van der Waals surface area contributed by atoms with Gasteiger partial charge in [-0.3, -0.25) is 4.31 Å². The monoisotopic (exact) mass is 455 g/mol. The third-order valence-electron chi connectivity index (χ3n) is 4.66. The van der Waals surface area contributed by atoms with E-state index in [1.165, 1.54) is 22.7 Å². The maximum absolute atomic E-state index is 13.3. The van der Waals surface area contributed by atoms with Gasteiger partial charge in [0, 0.05) is 12.6 Å². The molecule has 160 valence electrons. The summed E-state index contributed by atoms with van der Waals surface area (Å²) in [5.74, 6) is 1.22. The fraction of sp³-hybridized carbons (Fsp3) is 0.182. The zero-order valence-electron chi connectivity index (χ0n) is 17.3. The number of anilines is 1. The van der Waals surface area contributed by atoms with Crippen molar-refractivity contribution in [2.24, 2.45) is 0 Å². The predicted octanol–water partition coefficient (Wildman–Crippen LogP) is 5.00. The van der Waals surface area contributed by atoms with E-state index in [4.69, 9.17) is 9.26 Å². The number of rotatable bonds is 7. The molecule has 0 aliphatic carbocycles. The van der Waals surface area contributed by atoms with Crippen molar-refractivity contribution in [1.29, 1.82) is 0 Å². The van der Waals surface area contributed by atoms with E-state index in [-0.39, 0.29) is 10.8 Å². The Morgan fingerprint density at radius 1 is 1.13 bits per heavy atom. The summed E-state index contributed by atoms with van der Waals surface area (Å²) in [6, 6.07) is 16.2. The number of hydrogen-bond acceptors (Lipinski definition) is 7. The van der Waals surface area contributed by atoms with Crippen LogP contribution < -0.4 is 9.04 Å². The van der Waals surface area contributed by atoms with Crippen LogP contribution in [0.1, 0.15) is 12.5 Å². The minimum absolute atomic E-state index is 0.125. The summed E-state index contributed by atoms with van der Waals surface area (Å²) in [7, 11) is -2.29. The molecule has 9 heteroatoms. The zero-order valence-corrected chi connectivity index (χ0v) is 18.9. The first-order valence-corrected chi connectivity index (χ1v) is 11.9. The Bertz CT molecular complexity index is 1310. The van der Waals surface area contributed by atoms with Crippen LogP contribution in [0.2, 0.25) is 0 Å². The number of thiophene rings is 1. The number of sulfonamides is 1. The van der Waals surface area contributed by atoms with E-state index >= 15 is 0 Å². The summed E-state index contributed by atoms with van der Waals surface area (Å²) in [5, 5.41) is 5.74. The van der Waals surface area contributed by atoms with Crippen molar-refractivity contribution < 1.29 is 17.7 Å². The molecular weight excluding hydrogens is 434 g/mol. The molecule has 0 saturated carbocycles. The molecule has 2 aromatic carbocycles.